The van der Waals surface area contributed by atoms with Gasteiger partial charge in [0.05, 0.1) is 24.8 Å². The summed E-state index contributed by atoms with van der Waals surface area (Å²) in [7, 11) is 1.56. The molecule has 0 bridgehead atoms. The second kappa shape index (κ2) is 6.03. The monoisotopic (exact) mass is 271 g/mol. The Labute approximate surface area is 118 Å². The fourth-order valence-electron chi connectivity index (χ4n) is 2.50. The van der Waals surface area contributed by atoms with E-state index in [1.807, 2.05) is 36.4 Å². The third-order valence-electron chi connectivity index (χ3n) is 3.39. The molecule has 0 radical (unpaired) electrons. The number of hydrogen-bond acceptors (Lipinski definition) is 4. The first-order valence-corrected chi connectivity index (χ1v) is 6.68. The van der Waals surface area contributed by atoms with Crippen LogP contribution in [0.15, 0.2) is 53.7 Å². The zero-order chi connectivity index (χ0) is 13.8. The van der Waals surface area contributed by atoms with Gasteiger partial charge in [0.15, 0.2) is 6.29 Å². The molecular weight excluding hydrogens is 254 g/mol. The maximum atomic E-state index is 5.62. The molecule has 1 aliphatic heterocycles. The molecule has 0 saturated carbocycles. The molecule has 2 aliphatic rings. The van der Waals surface area contributed by atoms with Crippen LogP contribution in [0.4, 0.5) is 0 Å². The van der Waals surface area contributed by atoms with Gasteiger partial charge in [0.1, 0.15) is 7.11 Å². The molecule has 0 spiro atoms. The molecule has 0 N–H and O–H groups in total. The zero-order valence-corrected chi connectivity index (χ0v) is 11.4. The lowest BCUT2D eigenvalue weighted by molar-refractivity contribution is -0.0546. The number of ether oxygens (including phenoxy) is 2. The van der Waals surface area contributed by atoms with E-state index in [1.54, 1.807) is 7.11 Å². The van der Waals surface area contributed by atoms with Crippen molar-refractivity contribution in [2.24, 2.45) is 11.1 Å². The van der Waals surface area contributed by atoms with E-state index in [0.29, 0.717) is 13.2 Å². The van der Waals surface area contributed by atoms with Gasteiger partial charge in [-0.3, -0.25) is 0 Å². The lowest BCUT2D eigenvalue weighted by Gasteiger charge is -2.24. The van der Waals surface area contributed by atoms with Gasteiger partial charge in [-0.1, -0.05) is 53.7 Å². The number of oxime groups is 1. The molecule has 1 saturated heterocycles. The van der Waals surface area contributed by atoms with Gasteiger partial charge in [0.25, 0.3) is 0 Å². The van der Waals surface area contributed by atoms with Crippen molar-refractivity contribution in [2.45, 2.75) is 6.29 Å². The Morgan fingerprint density at radius 2 is 1.90 bits per heavy atom. The Bertz CT molecular complexity index is 542. The van der Waals surface area contributed by atoms with Crippen molar-refractivity contribution in [3.8, 4) is 0 Å². The highest BCUT2D eigenvalue weighted by atomic mass is 16.7. The van der Waals surface area contributed by atoms with Gasteiger partial charge in [-0.15, -0.1) is 0 Å². The van der Waals surface area contributed by atoms with Crippen LogP contribution in [-0.2, 0) is 14.3 Å². The Balaban J connectivity index is 1.95. The summed E-state index contributed by atoms with van der Waals surface area (Å²) in [6.07, 6.45) is 5.82. The van der Waals surface area contributed by atoms with Gasteiger partial charge in [0, 0.05) is 5.57 Å². The predicted molar refractivity (Wildman–Crippen MR) is 77.2 cm³/mol. The number of allylic oxidation sites excluding steroid dienone is 3. The predicted octanol–water partition coefficient (Wildman–Crippen LogP) is 2.63. The zero-order valence-electron chi connectivity index (χ0n) is 11.4. The van der Waals surface area contributed by atoms with Crippen molar-refractivity contribution < 1.29 is 14.3 Å². The summed E-state index contributed by atoms with van der Waals surface area (Å²) in [5, 5.41) is 4.20. The molecule has 1 aliphatic carbocycles. The summed E-state index contributed by atoms with van der Waals surface area (Å²) in [6, 6.07) is 10.1. The van der Waals surface area contributed by atoms with Crippen molar-refractivity contribution in [2.75, 3.05) is 20.3 Å². The SMILES string of the molecule is CON=C1C(c2ccccc2)=CC=CC1C1OCCO1. The topological polar surface area (TPSA) is 40.0 Å². The summed E-state index contributed by atoms with van der Waals surface area (Å²) >= 11 is 0. The molecule has 1 heterocycles. The minimum atomic E-state index is -0.285. The average molecular weight is 271 g/mol. The third-order valence-corrected chi connectivity index (χ3v) is 3.39. The third kappa shape index (κ3) is 2.53. The van der Waals surface area contributed by atoms with E-state index in [9.17, 15) is 0 Å². The van der Waals surface area contributed by atoms with Crippen LogP contribution in [0.1, 0.15) is 5.56 Å². The van der Waals surface area contributed by atoms with Crippen LogP contribution in [0.25, 0.3) is 5.57 Å². The Morgan fingerprint density at radius 1 is 1.15 bits per heavy atom. The highest BCUT2D eigenvalue weighted by molar-refractivity contribution is 6.26. The van der Waals surface area contributed by atoms with E-state index in [1.165, 1.54) is 0 Å². The second-order valence-electron chi connectivity index (χ2n) is 4.63. The van der Waals surface area contributed by atoms with Gasteiger partial charge in [-0.25, -0.2) is 0 Å². The van der Waals surface area contributed by atoms with E-state index in [-0.39, 0.29) is 12.2 Å². The van der Waals surface area contributed by atoms with E-state index in [2.05, 4.69) is 17.3 Å². The van der Waals surface area contributed by atoms with Crippen molar-refractivity contribution in [1.82, 2.24) is 0 Å². The molecule has 0 amide bonds. The maximum absolute atomic E-state index is 5.62. The summed E-state index contributed by atoms with van der Waals surface area (Å²) in [6.45, 7) is 1.25. The van der Waals surface area contributed by atoms with Gasteiger partial charge < -0.3 is 14.3 Å². The molecule has 20 heavy (non-hydrogen) atoms. The fraction of sp³-hybridized carbons (Fsp3) is 0.312. The first-order chi connectivity index (χ1) is 9.90. The minimum absolute atomic E-state index is 0.0438. The fourth-order valence-corrected chi connectivity index (χ4v) is 2.50. The van der Waals surface area contributed by atoms with E-state index in [0.717, 1.165) is 16.8 Å². The van der Waals surface area contributed by atoms with Crippen LogP contribution in [0, 0.1) is 5.92 Å². The number of benzene rings is 1. The number of hydrogen-bond donors (Lipinski definition) is 0. The normalized spacial score (nSPS) is 24.9. The van der Waals surface area contributed by atoms with Crippen LogP contribution in [0.3, 0.4) is 0 Å². The largest absolute Gasteiger partial charge is 0.399 e. The van der Waals surface area contributed by atoms with Gasteiger partial charge in [0.2, 0.25) is 0 Å². The first-order valence-electron chi connectivity index (χ1n) is 6.68. The smallest absolute Gasteiger partial charge is 0.169 e. The van der Waals surface area contributed by atoms with Crippen LogP contribution in [0.2, 0.25) is 0 Å². The molecule has 0 aromatic heterocycles. The van der Waals surface area contributed by atoms with Crippen LogP contribution in [0.5, 0.6) is 0 Å². The number of rotatable bonds is 3. The van der Waals surface area contributed by atoms with Crippen molar-refractivity contribution in [1.29, 1.82) is 0 Å². The summed E-state index contributed by atoms with van der Waals surface area (Å²) in [4.78, 5) is 5.02. The molecule has 1 fully saturated rings. The van der Waals surface area contributed by atoms with E-state index in [4.69, 9.17) is 14.3 Å². The highest BCUT2D eigenvalue weighted by Crippen LogP contribution is 2.30. The molecule has 1 aromatic carbocycles. The van der Waals surface area contributed by atoms with Crippen LogP contribution < -0.4 is 0 Å². The van der Waals surface area contributed by atoms with Crippen molar-refractivity contribution in [3.05, 3.63) is 54.1 Å². The van der Waals surface area contributed by atoms with Gasteiger partial charge >= 0.3 is 0 Å². The number of nitrogens with zero attached hydrogens (tertiary/aromatic N) is 1. The molecule has 4 nitrogen and oxygen atoms in total. The summed E-state index contributed by atoms with van der Waals surface area (Å²) in [5.41, 5.74) is 2.99. The maximum Gasteiger partial charge on any atom is 0.169 e. The van der Waals surface area contributed by atoms with E-state index < -0.39 is 0 Å². The minimum Gasteiger partial charge on any atom is -0.399 e. The van der Waals surface area contributed by atoms with Gasteiger partial charge in [-0.05, 0) is 5.56 Å². The van der Waals surface area contributed by atoms with Crippen molar-refractivity contribution >= 4 is 11.3 Å². The molecule has 104 valence electrons. The van der Waals surface area contributed by atoms with Crippen molar-refractivity contribution in [3.63, 3.8) is 0 Å². The quantitative estimate of drug-likeness (QED) is 0.793. The Hall–Kier alpha value is -1.91. The highest BCUT2D eigenvalue weighted by Gasteiger charge is 2.33. The van der Waals surface area contributed by atoms with Crippen LogP contribution >= 0.6 is 0 Å². The lowest BCUT2D eigenvalue weighted by atomic mass is 9.87. The summed E-state index contributed by atoms with van der Waals surface area (Å²) < 4.78 is 11.2. The van der Waals surface area contributed by atoms with Gasteiger partial charge in [-0.2, -0.15) is 0 Å². The molecule has 1 unspecified atom stereocenters. The Kier molecular flexibility index (Phi) is 3.95. The second-order valence-corrected chi connectivity index (χ2v) is 4.63. The molecule has 4 heteroatoms. The molecular formula is C16H17NO3. The average Bonchev–Trinajstić information content (AvgIpc) is 3.03. The van der Waals surface area contributed by atoms with Crippen LogP contribution in [-0.4, -0.2) is 32.3 Å². The lowest BCUT2D eigenvalue weighted by Crippen LogP contribution is -2.30. The summed E-state index contributed by atoms with van der Waals surface area (Å²) in [5.74, 6) is -0.0438. The standard InChI is InChI=1S/C16H17NO3/c1-18-17-15-13(12-6-3-2-4-7-12)8-5-9-14(15)16-19-10-11-20-16/h2-9,14,16H,10-11H2,1H3. The molecule has 1 atom stereocenters. The molecule has 3 rings (SSSR count). The Morgan fingerprint density at radius 3 is 2.60 bits per heavy atom. The first kappa shape index (κ1) is 13.1. The van der Waals surface area contributed by atoms with E-state index >= 15 is 0 Å². The molecule has 1 aromatic rings.